The van der Waals surface area contributed by atoms with Gasteiger partial charge in [0.1, 0.15) is 0 Å². The molecule has 14 heavy (non-hydrogen) atoms. The molecule has 0 aliphatic rings. The molecule has 72 valence electrons. The van der Waals surface area contributed by atoms with Gasteiger partial charge in [-0.25, -0.2) is 0 Å². The Morgan fingerprint density at radius 3 is 0.714 bits per heavy atom. The summed E-state index contributed by atoms with van der Waals surface area (Å²) in [6.07, 6.45) is 0. The topological polar surface area (TPSA) is 211 Å². The predicted octanol–water partition coefficient (Wildman–Crippen LogP) is -10.8. The first-order chi connectivity index (χ1) is 3.71. The van der Waals surface area contributed by atoms with Gasteiger partial charge in [-0.2, -0.15) is 0 Å². The van der Waals surface area contributed by atoms with E-state index in [4.69, 9.17) is 0 Å². The smallest absolute Gasteiger partial charge is 0.862 e. The summed E-state index contributed by atoms with van der Waals surface area (Å²) in [4.78, 5) is 56.2. The van der Waals surface area contributed by atoms with Crippen molar-refractivity contribution < 1.29 is 43.8 Å². The van der Waals surface area contributed by atoms with E-state index in [9.17, 15) is 28.8 Å². The Morgan fingerprint density at radius 1 is 0.571 bits per heavy atom. The largest absolute Gasteiger partial charge is 2.00 e. The molecule has 0 radical (unpaired) electrons. The van der Waals surface area contributed by atoms with E-state index in [-0.39, 0.29) is 80.1 Å². The molecule has 0 saturated heterocycles. The zero-order valence-electron chi connectivity index (χ0n) is 6.98. The first-order valence-electron chi connectivity index (χ1n) is 1.63. The van der Waals surface area contributed by atoms with E-state index in [1.54, 1.807) is 0 Å². The van der Waals surface area contributed by atoms with Crippen LogP contribution in [-0.2, 0) is 4.12 Å². The molecule has 0 spiro atoms. The van der Waals surface area contributed by atoms with Crippen molar-refractivity contribution in [3.05, 3.63) is 0 Å². The summed E-state index contributed by atoms with van der Waals surface area (Å²) in [5, 5.41) is 0. The molecule has 0 rings (SSSR count). The number of hydrogen-bond acceptors (Lipinski definition) is 7. The Labute approximate surface area is 130 Å². The van der Waals surface area contributed by atoms with Crippen molar-refractivity contribution in [3.8, 4) is 0 Å². The molecule has 0 aromatic heterocycles. The minimum absolute atomic E-state index is 0. The Morgan fingerprint density at radius 2 is 0.714 bits per heavy atom. The molecule has 0 unspecified atom stereocenters. The quantitative estimate of drug-likeness (QED) is 0.444. The van der Waals surface area contributed by atoms with Gasteiger partial charge in [-0.05, 0) is 0 Å². The van der Waals surface area contributed by atoms with Crippen molar-refractivity contribution in [1.82, 2.24) is 0 Å². The summed E-state index contributed by atoms with van der Waals surface area (Å²) >= 11 is 0. The van der Waals surface area contributed by atoms with E-state index in [2.05, 4.69) is 4.12 Å². The zero-order valence-corrected chi connectivity index (χ0v) is 13.2. The third-order valence-corrected chi connectivity index (χ3v) is 2.25. The van der Waals surface area contributed by atoms with Gasteiger partial charge in [0.15, 0.2) is 0 Å². The van der Waals surface area contributed by atoms with Crippen LogP contribution in [0.25, 0.3) is 0 Å². The monoisotopic (exact) mass is 276 g/mol. The van der Waals surface area contributed by atoms with Gasteiger partial charge in [0, 0.05) is 0 Å². The molecular formula is H4Mg3O9Si2. The molecule has 0 atom stereocenters. The van der Waals surface area contributed by atoms with Crippen molar-refractivity contribution >= 4 is 87.3 Å². The van der Waals surface area contributed by atoms with Gasteiger partial charge in [0.25, 0.3) is 0 Å². The van der Waals surface area contributed by atoms with Gasteiger partial charge < -0.3 is 43.8 Å². The molecule has 0 aromatic rings. The van der Waals surface area contributed by atoms with Crippen LogP contribution in [0.15, 0.2) is 0 Å². The summed E-state index contributed by atoms with van der Waals surface area (Å²) in [6.45, 7) is 0. The van der Waals surface area contributed by atoms with Crippen LogP contribution in [0, 0.1) is 0 Å². The molecule has 14 heteroatoms. The van der Waals surface area contributed by atoms with Crippen molar-refractivity contribution in [2.45, 2.75) is 0 Å². The van der Waals surface area contributed by atoms with Crippen LogP contribution in [0.3, 0.4) is 0 Å². The summed E-state index contributed by atoms with van der Waals surface area (Å²) in [7, 11) is -11.8. The maximum Gasteiger partial charge on any atom is 2.00 e. The van der Waals surface area contributed by atoms with Gasteiger partial charge in [-0.15, -0.1) is 18.1 Å². The summed E-state index contributed by atoms with van der Waals surface area (Å²) in [6, 6.07) is 0. The van der Waals surface area contributed by atoms with Crippen LogP contribution >= 0.6 is 0 Å². The summed E-state index contributed by atoms with van der Waals surface area (Å²) in [5.74, 6) is 0. The number of rotatable bonds is 2. The predicted molar refractivity (Wildman–Crippen MR) is 37.1 cm³/mol. The van der Waals surface area contributed by atoms with E-state index in [1.807, 2.05) is 0 Å². The van der Waals surface area contributed by atoms with Crippen LogP contribution in [-0.4, -0.2) is 98.2 Å². The van der Waals surface area contributed by atoms with Crippen LogP contribution in [0.5, 0.6) is 0 Å². The van der Waals surface area contributed by atoms with Crippen LogP contribution in [0.2, 0.25) is 0 Å². The molecule has 0 heterocycles. The molecule has 0 fully saturated rings. The summed E-state index contributed by atoms with van der Waals surface area (Å²) in [5.41, 5.74) is 0. The van der Waals surface area contributed by atoms with Crippen molar-refractivity contribution in [1.29, 1.82) is 0 Å². The molecule has 0 amide bonds. The van der Waals surface area contributed by atoms with E-state index in [0.29, 0.717) is 0 Å². The Balaban J connectivity index is -0.0000000320. The van der Waals surface area contributed by atoms with Crippen LogP contribution in [0.1, 0.15) is 0 Å². The van der Waals surface area contributed by atoms with E-state index in [0.717, 1.165) is 0 Å². The standard InChI is InChI=1S/3Mg.O7Si2.2H2O/c;;;1-8(2,3)7-9(4,5)6;;/h;;;;2*1H2/q3*+2;-6;;. The Kier molecular flexibility index (Phi) is 34.5. The number of hydrogen-bond donors (Lipinski definition) is 0. The molecule has 9 nitrogen and oxygen atoms in total. The second kappa shape index (κ2) is 13.4. The van der Waals surface area contributed by atoms with Gasteiger partial charge in [0.05, 0.1) is 0 Å². The minimum atomic E-state index is -5.92. The van der Waals surface area contributed by atoms with Crippen LogP contribution < -0.4 is 28.8 Å². The van der Waals surface area contributed by atoms with Crippen molar-refractivity contribution in [2.75, 3.05) is 0 Å². The van der Waals surface area contributed by atoms with E-state index < -0.39 is 18.1 Å². The van der Waals surface area contributed by atoms with Gasteiger partial charge in [-0.3, -0.25) is 0 Å². The first kappa shape index (κ1) is 36.0. The van der Waals surface area contributed by atoms with Crippen LogP contribution in [0.4, 0.5) is 0 Å². The molecule has 0 aromatic carbocycles. The third kappa shape index (κ3) is 36.7. The second-order valence-electron chi connectivity index (χ2n) is 1.10. The van der Waals surface area contributed by atoms with Crippen molar-refractivity contribution in [3.63, 3.8) is 0 Å². The second-order valence-corrected chi connectivity index (χ2v) is 3.92. The molecule has 0 aliphatic carbocycles. The minimum Gasteiger partial charge on any atom is -0.862 e. The maximum atomic E-state index is 9.36. The third-order valence-electron chi connectivity index (χ3n) is 0.250. The van der Waals surface area contributed by atoms with Crippen molar-refractivity contribution in [2.24, 2.45) is 0 Å². The van der Waals surface area contributed by atoms with E-state index >= 15 is 0 Å². The fourth-order valence-corrected chi connectivity index (χ4v) is 1.38. The molecule has 0 aliphatic heterocycles. The Hall–Kier alpha value is 2.37. The molecular weight excluding hydrogens is 273 g/mol. The van der Waals surface area contributed by atoms with Gasteiger partial charge in [-0.1, -0.05) is 0 Å². The normalized spacial score (nSPS) is 9.00. The summed E-state index contributed by atoms with van der Waals surface area (Å²) < 4.78 is 2.57. The first-order valence-corrected chi connectivity index (χ1v) is 4.90. The average Bonchev–Trinajstić information content (AvgIpc) is 1.14. The van der Waals surface area contributed by atoms with Gasteiger partial charge in [0.2, 0.25) is 0 Å². The fraction of sp³-hybridized carbons (Fsp3) is 0. The SMILES string of the molecule is O.O.[Mg+2].[Mg+2].[Mg+2].[O-][Si]([O-])([O-])O[Si]([O-])([O-])[O-]. The molecule has 4 N–H and O–H groups in total. The van der Waals surface area contributed by atoms with Gasteiger partial charge >= 0.3 is 69.2 Å². The Bertz CT molecular complexity index is 83.2. The zero-order chi connectivity index (χ0) is 7.71. The van der Waals surface area contributed by atoms with E-state index in [1.165, 1.54) is 0 Å². The molecule has 0 bridgehead atoms. The maximum absolute atomic E-state index is 9.36. The molecule has 0 saturated carbocycles. The fourth-order valence-electron chi connectivity index (χ4n) is 0.153. The average molecular weight is 277 g/mol.